The number of rotatable bonds is 28. The smallest absolute Gasteiger partial charge is 0.333 e. The van der Waals surface area contributed by atoms with Crippen LogP contribution in [0.3, 0.4) is 0 Å². The van der Waals surface area contributed by atoms with Crippen LogP contribution < -0.4 is 0 Å². The molecule has 0 amide bonds. The molecule has 0 aromatic rings. The summed E-state index contributed by atoms with van der Waals surface area (Å²) in [7, 11) is 0. The maximum Gasteiger partial charge on any atom is 0.333 e. The van der Waals surface area contributed by atoms with Crippen LogP contribution in [0.25, 0.3) is 0 Å². The second kappa shape index (κ2) is 38.6. The van der Waals surface area contributed by atoms with Crippen LogP contribution in [0.1, 0.15) is 142 Å². The van der Waals surface area contributed by atoms with Gasteiger partial charge in [-0.05, 0) is 19.3 Å². The monoisotopic (exact) mass is 700 g/mol. The Morgan fingerprint density at radius 3 is 0.854 bits per heavy atom. The van der Waals surface area contributed by atoms with E-state index in [1.54, 1.807) is 0 Å². The van der Waals surface area contributed by atoms with Crippen LogP contribution in [0.4, 0.5) is 0 Å². The first-order chi connectivity index (χ1) is 22.7. The second-order valence-corrected chi connectivity index (χ2v) is 11.7. The van der Waals surface area contributed by atoms with Gasteiger partial charge in [0, 0.05) is 19.3 Å². The van der Waals surface area contributed by atoms with Crippen molar-refractivity contribution in [1.29, 1.82) is 0 Å². The summed E-state index contributed by atoms with van der Waals surface area (Å²) in [6.07, 6.45) is 18.7. The molecule has 1 unspecified atom stereocenters. The van der Waals surface area contributed by atoms with E-state index in [1.165, 1.54) is 83.5 Å². The molecule has 10 N–H and O–H groups in total. The molecule has 0 fully saturated rings. The zero-order valence-electron chi connectivity index (χ0n) is 28.8. The van der Waals surface area contributed by atoms with Crippen molar-refractivity contribution in [1.82, 2.24) is 0 Å². The number of hydrogen-bond donors (Lipinski definition) is 10. The van der Waals surface area contributed by atoms with Crippen LogP contribution in [0.2, 0.25) is 0 Å². The van der Waals surface area contributed by atoms with Crippen molar-refractivity contribution < 1.29 is 75.0 Å². The van der Waals surface area contributed by atoms with E-state index in [-0.39, 0.29) is 12.8 Å². The lowest BCUT2D eigenvalue weighted by atomic mass is 9.93. The van der Waals surface area contributed by atoms with Crippen molar-refractivity contribution >= 4 is 29.8 Å². The molecule has 48 heavy (non-hydrogen) atoms. The fraction of sp³-hybridized carbons (Fsp3) is 0.848. The van der Waals surface area contributed by atoms with E-state index in [4.69, 9.17) is 51.1 Å². The van der Waals surface area contributed by atoms with Gasteiger partial charge < -0.3 is 51.1 Å². The summed E-state index contributed by atoms with van der Waals surface area (Å²) in [5.41, 5.74) is -1.11. The van der Waals surface area contributed by atoms with Gasteiger partial charge >= 0.3 is 29.8 Å². The minimum absolute atomic E-state index is 0.0628. The maximum absolute atomic E-state index is 10.3. The number of aliphatic hydroxyl groups is 5. The third-order valence-corrected chi connectivity index (χ3v) is 7.02. The quantitative estimate of drug-likeness (QED) is 0.0518. The fourth-order valence-corrected chi connectivity index (χ4v) is 3.75. The van der Waals surface area contributed by atoms with Gasteiger partial charge in [0.25, 0.3) is 0 Å². The normalized spacial score (nSPS) is 11.0. The molecule has 15 heteroatoms. The van der Waals surface area contributed by atoms with Crippen molar-refractivity contribution in [3.63, 3.8) is 0 Å². The Morgan fingerprint density at radius 2 is 0.688 bits per heavy atom. The molecule has 0 aromatic heterocycles. The Morgan fingerprint density at radius 1 is 0.438 bits per heavy atom. The van der Waals surface area contributed by atoms with Gasteiger partial charge in [-0.15, -0.1) is 0 Å². The third-order valence-electron chi connectivity index (χ3n) is 7.02. The Kier molecular flexibility index (Phi) is 41.8. The number of carbonyl (C=O) groups is 5. The molecule has 0 spiro atoms. The highest BCUT2D eigenvalue weighted by atomic mass is 16.4. The Labute approximate surface area is 284 Å². The van der Waals surface area contributed by atoms with E-state index >= 15 is 0 Å². The van der Waals surface area contributed by atoms with E-state index in [1.807, 2.05) is 0 Å². The lowest BCUT2D eigenvalue weighted by Gasteiger charge is -2.23. The van der Waals surface area contributed by atoms with Gasteiger partial charge in [0.1, 0.15) is 0 Å². The van der Waals surface area contributed by atoms with Gasteiger partial charge in [0.15, 0.2) is 6.10 Å². The van der Waals surface area contributed by atoms with Gasteiger partial charge in [0.05, 0.1) is 38.3 Å². The molecule has 0 radical (unpaired) electrons. The minimum atomic E-state index is -1.79. The summed E-state index contributed by atoms with van der Waals surface area (Å²) in [6.45, 7) is 0.645. The maximum atomic E-state index is 10.3. The lowest BCUT2D eigenvalue weighted by Crippen LogP contribution is -2.37. The van der Waals surface area contributed by atoms with Crippen molar-refractivity contribution in [2.75, 3.05) is 26.4 Å². The van der Waals surface area contributed by atoms with Gasteiger partial charge in [-0.2, -0.15) is 0 Å². The Bertz CT molecular complexity index is 752. The van der Waals surface area contributed by atoms with E-state index in [0.29, 0.717) is 19.3 Å². The standard InChI is InChI=1S/C18H36O2.C6H10O4.C5H12O4.C4H6O5/c1-2-3-4-5-6-7-8-9-10-11-12-13-14-15-16-17-18(19)20;7-5(8)3-1-2-4-6(9)10;6-1-5(2-7,3-8)4-9;5-2(4(8)9)1-3(6)7/h2-17H2,1H3,(H,19,20);1-4H2,(H,7,8)(H,9,10);6-9H,1-4H2;2,5H,1H2,(H,6,7)(H,8,9). The lowest BCUT2D eigenvalue weighted by molar-refractivity contribution is -0.152. The number of carboxylic acids is 5. The highest BCUT2D eigenvalue weighted by Gasteiger charge is 2.26. The first-order valence-electron chi connectivity index (χ1n) is 16.9. The van der Waals surface area contributed by atoms with Crippen LogP contribution in [0.15, 0.2) is 0 Å². The summed E-state index contributed by atoms with van der Waals surface area (Å²) in [5.74, 6) is -5.24. The van der Waals surface area contributed by atoms with Crippen molar-refractivity contribution in [3.05, 3.63) is 0 Å². The summed E-state index contributed by atoms with van der Waals surface area (Å²) in [5, 5.41) is 82.9. The molecular weight excluding hydrogens is 636 g/mol. The number of unbranched alkanes of at least 4 members (excludes halogenated alkanes) is 15. The number of carboxylic acid groups (broad SMARTS) is 5. The van der Waals surface area contributed by atoms with Gasteiger partial charge in [-0.1, -0.05) is 96.8 Å². The first kappa shape index (κ1) is 52.0. The number of aliphatic carboxylic acids is 5. The van der Waals surface area contributed by atoms with Crippen molar-refractivity contribution in [3.8, 4) is 0 Å². The average Bonchev–Trinajstić information content (AvgIpc) is 3.03. The van der Waals surface area contributed by atoms with Crippen LogP contribution in [0, 0.1) is 5.41 Å². The van der Waals surface area contributed by atoms with Gasteiger partial charge in [-0.25, -0.2) is 4.79 Å². The molecule has 0 aliphatic heterocycles. The molecule has 0 saturated carbocycles. The van der Waals surface area contributed by atoms with Gasteiger partial charge in [0.2, 0.25) is 0 Å². The Balaban J connectivity index is -0.000000292. The van der Waals surface area contributed by atoms with E-state index < -0.39 is 74.2 Å². The Hall–Kier alpha value is -2.85. The highest BCUT2D eigenvalue weighted by Crippen LogP contribution is 2.14. The largest absolute Gasteiger partial charge is 0.481 e. The molecule has 286 valence electrons. The third kappa shape index (κ3) is 45.3. The van der Waals surface area contributed by atoms with Gasteiger partial charge in [-0.3, -0.25) is 19.2 Å². The number of aliphatic hydroxyl groups excluding tert-OH is 5. The van der Waals surface area contributed by atoms with Crippen LogP contribution in [-0.4, -0.2) is 113 Å². The molecule has 1 atom stereocenters. The van der Waals surface area contributed by atoms with Crippen LogP contribution in [-0.2, 0) is 24.0 Å². The topological polar surface area (TPSA) is 288 Å². The van der Waals surface area contributed by atoms with Crippen LogP contribution >= 0.6 is 0 Å². The first-order valence-corrected chi connectivity index (χ1v) is 16.9. The van der Waals surface area contributed by atoms with Crippen molar-refractivity contribution in [2.24, 2.45) is 5.41 Å². The second-order valence-electron chi connectivity index (χ2n) is 11.7. The van der Waals surface area contributed by atoms with E-state index in [0.717, 1.165) is 12.8 Å². The molecule has 0 saturated heterocycles. The zero-order chi connectivity index (χ0) is 37.6. The van der Waals surface area contributed by atoms with Crippen molar-refractivity contribution in [2.45, 2.75) is 148 Å². The minimum Gasteiger partial charge on any atom is -0.481 e. The summed E-state index contributed by atoms with van der Waals surface area (Å²) >= 11 is 0. The molecule has 15 nitrogen and oxygen atoms in total. The zero-order valence-corrected chi connectivity index (χ0v) is 28.8. The summed E-state index contributed by atoms with van der Waals surface area (Å²) < 4.78 is 0. The average molecular weight is 701 g/mol. The molecule has 0 rings (SSSR count). The fourth-order valence-electron chi connectivity index (χ4n) is 3.75. The highest BCUT2D eigenvalue weighted by molar-refractivity contribution is 5.79. The molecule has 0 bridgehead atoms. The molecule has 0 heterocycles. The number of hydrogen-bond acceptors (Lipinski definition) is 10. The molecule has 0 aliphatic carbocycles. The molecule has 0 aliphatic rings. The SMILES string of the molecule is CCCCCCCCCCCCCCCCCC(=O)O.O=C(O)CC(O)C(=O)O.O=C(O)CCCCC(=O)O.OCC(CO)(CO)CO. The predicted octanol–water partition coefficient (Wildman–Crippen LogP) is 3.90. The van der Waals surface area contributed by atoms with E-state index in [2.05, 4.69) is 6.92 Å². The summed E-state index contributed by atoms with van der Waals surface area (Å²) in [4.78, 5) is 49.5. The molecular formula is C33H64O15. The molecule has 0 aromatic carbocycles. The summed E-state index contributed by atoms with van der Waals surface area (Å²) in [6, 6.07) is 0. The van der Waals surface area contributed by atoms with E-state index in [9.17, 15) is 24.0 Å². The van der Waals surface area contributed by atoms with Crippen LogP contribution in [0.5, 0.6) is 0 Å². The predicted molar refractivity (Wildman–Crippen MR) is 178 cm³/mol.